The van der Waals surface area contributed by atoms with Crippen molar-refractivity contribution in [3.8, 4) is 11.1 Å². The van der Waals surface area contributed by atoms with E-state index in [0.29, 0.717) is 48.8 Å². The first-order valence-electron chi connectivity index (χ1n) is 12.1. The Morgan fingerprint density at radius 2 is 1.92 bits per heavy atom. The number of benzene rings is 2. The molecule has 0 spiro atoms. The number of aryl methyl sites for hydroxylation is 1. The van der Waals surface area contributed by atoms with Gasteiger partial charge in [-0.2, -0.15) is 13.2 Å². The molecule has 9 nitrogen and oxygen atoms in total. The number of hydrogen-bond donors (Lipinski definition) is 6. The predicted octanol–water partition coefficient (Wildman–Crippen LogP) is 4.78. The van der Waals surface area contributed by atoms with E-state index < -0.39 is 29.8 Å². The second-order valence-corrected chi connectivity index (χ2v) is 9.10. The maximum atomic E-state index is 13.5. The lowest BCUT2D eigenvalue weighted by molar-refractivity contribution is -0.139. The first-order valence-corrected chi connectivity index (χ1v) is 12.1. The fourth-order valence-electron chi connectivity index (χ4n) is 4.35. The molecule has 0 bridgehead atoms. The molecule has 3 aromatic rings. The van der Waals surface area contributed by atoms with Gasteiger partial charge in [0.15, 0.2) is 0 Å². The van der Waals surface area contributed by atoms with Gasteiger partial charge in [-0.3, -0.25) is 10.3 Å². The van der Waals surface area contributed by atoms with Crippen LogP contribution in [0.1, 0.15) is 28.7 Å². The number of carbonyl (C=O) groups excluding carboxylic acids is 1. The minimum absolute atomic E-state index is 0.201. The average molecular weight is 548 g/mol. The van der Waals surface area contributed by atoms with Crippen molar-refractivity contribution in [3.63, 3.8) is 0 Å². The Bertz CT molecular complexity index is 1340. The van der Waals surface area contributed by atoms with E-state index in [2.05, 4.69) is 25.8 Å². The molecule has 39 heavy (non-hydrogen) atoms. The number of anilines is 2. The van der Waals surface area contributed by atoms with Crippen LogP contribution in [0.3, 0.4) is 0 Å². The smallest absolute Gasteiger partial charge is 0.379 e. The highest BCUT2D eigenvalue weighted by Crippen LogP contribution is 2.34. The number of urea groups is 1. The SMILES string of the molecule is Cc1cc(-c2cc(CN3CCOCC3)[nH]c2C(N)NC=N)ccc1NC(=O)Nc1ccc(F)c(C(F)(F)F)c1. The van der Waals surface area contributed by atoms with Crippen LogP contribution < -0.4 is 21.7 Å². The second kappa shape index (κ2) is 11.8. The van der Waals surface area contributed by atoms with Gasteiger partial charge in [0.25, 0.3) is 0 Å². The van der Waals surface area contributed by atoms with E-state index in [4.69, 9.17) is 15.9 Å². The molecular formula is C26H29F4N7O2. The molecule has 2 aromatic carbocycles. The summed E-state index contributed by atoms with van der Waals surface area (Å²) in [6.07, 6.45) is -4.52. The Labute approximate surface area is 222 Å². The number of aromatic nitrogens is 1. The number of ether oxygens (including phenoxy) is 1. The highest BCUT2D eigenvalue weighted by molar-refractivity contribution is 6.00. The summed E-state index contributed by atoms with van der Waals surface area (Å²) in [6.45, 7) is 5.40. The Morgan fingerprint density at radius 3 is 2.59 bits per heavy atom. The fourth-order valence-corrected chi connectivity index (χ4v) is 4.35. The van der Waals surface area contributed by atoms with Crippen LogP contribution in [0.5, 0.6) is 0 Å². The highest BCUT2D eigenvalue weighted by Gasteiger charge is 2.34. The fraction of sp³-hybridized carbons (Fsp3) is 0.308. The standard InChI is InChI=1S/C26H29F4N7O2/c1-15-10-16(19-11-18(13-37-6-8-39-9-7-37)34-23(19)24(32)33-14-31)2-5-22(15)36-25(38)35-17-3-4-21(27)20(12-17)26(28,29)30/h2-5,10-12,14,24,34H,6-9,13,32H2,1H3,(H2,31,33)(H2,35,36,38). The van der Waals surface area contributed by atoms with Crippen LogP contribution in [-0.4, -0.2) is 48.6 Å². The Kier molecular flexibility index (Phi) is 8.53. The van der Waals surface area contributed by atoms with Crippen molar-refractivity contribution in [2.24, 2.45) is 5.73 Å². The Balaban J connectivity index is 1.52. The molecule has 1 aliphatic rings. The molecule has 7 N–H and O–H groups in total. The Hall–Kier alpha value is -3.94. The van der Waals surface area contributed by atoms with Gasteiger partial charge < -0.3 is 31.4 Å². The topological polar surface area (TPSA) is 131 Å². The number of morpholine rings is 1. The van der Waals surface area contributed by atoms with Crippen LogP contribution in [0.2, 0.25) is 0 Å². The zero-order valence-electron chi connectivity index (χ0n) is 21.1. The zero-order valence-corrected chi connectivity index (χ0v) is 21.1. The molecule has 4 rings (SSSR count). The molecule has 1 atom stereocenters. The maximum Gasteiger partial charge on any atom is 0.419 e. The summed E-state index contributed by atoms with van der Waals surface area (Å²) in [4.78, 5) is 18.1. The van der Waals surface area contributed by atoms with E-state index in [-0.39, 0.29) is 5.69 Å². The summed E-state index contributed by atoms with van der Waals surface area (Å²) in [6, 6.07) is 8.76. The molecule has 208 valence electrons. The minimum Gasteiger partial charge on any atom is -0.379 e. The van der Waals surface area contributed by atoms with Gasteiger partial charge in [0.2, 0.25) is 0 Å². The highest BCUT2D eigenvalue weighted by atomic mass is 19.4. The van der Waals surface area contributed by atoms with Crippen molar-refractivity contribution >= 4 is 23.7 Å². The third-order valence-electron chi connectivity index (χ3n) is 6.29. The lowest BCUT2D eigenvalue weighted by Gasteiger charge is -2.26. The van der Waals surface area contributed by atoms with Gasteiger partial charge in [0.05, 0.1) is 30.8 Å². The number of carbonyl (C=O) groups is 1. The largest absolute Gasteiger partial charge is 0.419 e. The van der Waals surface area contributed by atoms with Crippen LogP contribution in [0.4, 0.5) is 33.7 Å². The number of aromatic amines is 1. The molecule has 1 unspecified atom stereocenters. The van der Waals surface area contributed by atoms with Crippen molar-refractivity contribution in [2.45, 2.75) is 25.8 Å². The minimum atomic E-state index is -4.89. The predicted molar refractivity (Wildman–Crippen MR) is 140 cm³/mol. The Morgan fingerprint density at radius 1 is 1.18 bits per heavy atom. The van der Waals surface area contributed by atoms with Crippen molar-refractivity contribution < 1.29 is 27.1 Å². The number of amides is 2. The third-order valence-corrected chi connectivity index (χ3v) is 6.29. The van der Waals surface area contributed by atoms with E-state index in [1.165, 1.54) is 0 Å². The molecule has 1 saturated heterocycles. The summed E-state index contributed by atoms with van der Waals surface area (Å²) in [5.74, 6) is -1.42. The molecule has 13 heteroatoms. The van der Waals surface area contributed by atoms with E-state index in [1.807, 2.05) is 12.1 Å². The summed E-state index contributed by atoms with van der Waals surface area (Å²) in [5.41, 5.74) is 8.99. The molecule has 0 saturated carbocycles. The van der Waals surface area contributed by atoms with Crippen molar-refractivity contribution in [1.82, 2.24) is 15.2 Å². The number of nitrogens with zero attached hydrogens (tertiary/aromatic N) is 1. The maximum absolute atomic E-state index is 13.5. The molecular weight excluding hydrogens is 518 g/mol. The summed E-state index contributed by atoms with van der Waals surface area (Å²) in [5, 5.41) is 15.0. The van der Waals surface area contributed by atoms with Gasteiger partial charge >= 0.3 is 12.2 Å². The van der Waals surface area contributed by atoms with Gasteiger partial charge in [-0.05, 0) is 54.4 Å². The number of hydrogen-bond acceptors (Lipinski definition) is 5. The lowest BCUT2D eigenvalue weighted by atomic mass is 10.0. The van der Waals surface area contributed by atoms with Crippen molar-refractivity contribution in [3.05, 3.63) is 70.8 Å². The molecule has 1 fully saturated rings. The van der Waals surface area contributed by atoms with Crippen molar-refractivity contribution in [2.75, 3.05) is 36.9 Å². The number of H-pyrrole nitrogens is 1. The van der Waals surface area contributed by atoms with Crippen LogP contribution in [0.15, 0.2) is 42.5 Å². The molecule has 2 heterocycles. The number of alkyl halides is 3. The van der Waals surface area contributed by atoms with Crippen LogP contribution >= 0.6 is 0 Å². The first-order chi connectivity index (χ1) is 18.5. The second-order valence-electron chi connectivity index (χ2n) is 9.10. The van der Waals surface area contributed by atoms with E-state index in [1.54, 1.807) is 19.1 Å². The number of halogens is 4. The third kappa shape index (κ3) is 6.93. The molecule has 2 amide bonds. The van der Waals surface area contributed by atoms with Crippen LogP contribution in [0.25, 0.3) is 11.1 Å². The summed E-state index contributed by atoms with van der Waals surface area (Å²) >= 11 is 0. The molecule has 0 radical (unpaired) electrons. The first kappa shape index (κ1) is 28.1. The van der Waals surface area contributed by atoms with Gasteiger partial charge in [0.1, 0.15) is 12.0 Å². The van der Waals surface area contributed by atoms with Gasteiger partial charge in [-0.15, -0.1) is 0 Å². The molecule has 1 aliphatic heterocycles. The van der Waals surface area contributed by atoms with E-state index in [0.717, 1.165) is 42.3 Å². The molecule has 1 aromatic heterocycles. The monoisotopic (exact) mass is 547 g/mol. The van der Waals surface area contributed by atoms with E-state index in [9.17, 15) is 22.4 Å². The van der Waals surface area contributed by atoms with E-state index >= 15 is 0 Å². The normalized spacial score (nSPS) is 15.0. The number of nitrogens with one attached hydrogen (secondary N) is 5. The lowest BCUT2D eigenvalue weighted by Crippen LogP contribution is -2.35. The van der Waals surface area contributed by atoms with Crippen LogP contribution in [-0.2, 0) is 17.5 Å². The number of nitrogens with two attached hydrogens (primary N) is 1. The van der Waals surface area contributed by atoms with Gasteiger partial charge in [-0.1, -0.05) is 6.07 Å². The van der Waals surface area contributed by atoms with Crippen LogP contribution in [0, 0.1) is 18.2 Å². The molecule has 0 aliphatic carbocycles. The number of rotatable bonds is 8. The summed E-state index contributed by atoms with van der Waals surface area (Å²) in [7, 11) is 0. The van der Waals surface area contributed by atoms with Gasteiger partial charge in [-0.25, -0.2) is 9.18 Å². The van der Waals surface area contributed by atoms with Gasteiger partial charge in [0, 0.05) is 42.3 Å². The zero-order chi connectivity index (χ0) is 28.2. The summed E-state index contributed by atoms with van der Waals surface area (Å²) < 4.78 is 57.9. The quantitative estimate of drug-likeness (QED) is 0.105. The van der Waals surface area contributed by atoms with Crippen molar-refractivity contribution in [1.29, 1.82) is 5.41 Å². The average Bonchev–Trinajstić information content (AvgIpc) is 3.30.